The molecule has 2 rings (SSSR count). The van der Waals surface area contributed by atoms with Gasteiger partial charge in [0.2, 0.25) is 0 Å². The molecule has 1 heterocycles. The van der Waals surface area contributed by atoms with Crippen molar-refractivity contribution in [3.63, 3.8) is 0 Å². The van der Waals surface area contributed by atoms with Gasteiger partial charge < -0.3 is 4.42 Å². The van der Waals surface area contributed by atoms with Crippen LogP contribution in [0.15, 0.2) is 29.0 Å². The zero-order valence-electron chi connectivity index (χ0n) is 7.42. The summed E-state index contributed by atoms with van der Waals surface area (Å²) in [5, 5.41) is 1.19. The first-order valence-electron chi connectivity index (χ1n) is 4.04. The Labute approximate surface area is 91.5 Å². The van der Waals surface area contributed by atoms with Gasteiger partial charge in [0.15, 0.2) is 6.39 Å². The van der Waals surface area contributed by atoms with Gasteiger partial charge in [-0.05, 0) is 25.1 Å². The van der Waals surface area contributed by atoms with Crippen LogP contribution in [0.2, 0.25) is 10.0 Å². The van der Waals surface area contributed by atoms with Gasteiger partial charge in [0.1, 0.15) is 11.5 Å². The third kappa shape index (κ3) is 1.63. The Bertz CT molecular complexity index is 465. The average Bonchev–Trinajstić information content (AvgIpc) is 2.52. The van der Waals surface area contributed by atoms with E-state index in [0.29, 0.717) is 10.0 Å². The third-order valence-electron chi connectivity index (χ3n) is 1.93. The molecule has 0 spiro atoms. The fourth-order valence-corrected chi connectivity index (χ4v) is 1.74. The number of halogens is 2. The van der Waals surface area contributed by atoms with Crippen LogP contribution >= 0.6 is 23.2 Å². The van der Waals surface area contributed by atoms with Crippen LogP contribution in [0.4, 0.5) is 0 Å². The molecule has 72 valence electrons. The number of benzene rings is 1. The molecule has 0 aliphatic carbocycles. The Morgan fingerprint density at radius 1 is 1.29 bits per heavy atom. The third-order valence-corrected chi connectivity index (χ3v) is 2.48. The summed E-state index contributed by atoms with van der Waals surface area (Å²) in [7, 11) is 0. The number of nitrogens with zero attached hydrogens (tertiary/aromatic N) is 1. The largest absolute Gasteiger partial charge is 0.448 e. The monoisotopic (exact) mass is 227 g/mol. The molecule has 1 aromatic heterocycles. The maximum absolute atomic E-state index is 6.03. The van der Waals surface area contributed by atoms with Crippen LogP contribution in [0.3, 0.4) is 0 Å². The maximum atomic E-state index is 6.03. The molecule has 0 aliphatic heterocycles. The molecule has 14 heavy (non-hydrogen) atoms. The molecule has 0 bridgehead atoms. The molecule has 0 fully saturated rings. The first kappa shape index (κ1) is 9.56. The van der Waals surface area contributed by atoms with E-state index in [2.05, 4.69) is 4.98 Å². The number of aryl methyl sites for hydroxylation is 1. The fourth-order valence-electron chi connectivity index (χ4n) is 1.25. The molecule has 4 heteroatoms. The molecule has 0 N–H and O–H groups in total. The lowest BCUT2D eigenvalue weighted by Gasteiger charge is -2.01. The van der Waals surface area contributed by atoms with Crippen LogP contribution in [-0.2, 0) is 0 Å². The summed E-state index contributed by atoms with van der Waals surface area (Å²) in [6.45, 7) is 1.84. The smallest absolute Gasteiger partial charge is 0.181 e. The molecular weight excluding hydrogens is 221 g/mol. The first-order valence-corrected chi connectivity index (χ1v) is 4.79. The topological polar surface area (TPSA) is 26.0 Å². The van der Waals surface area contributed by atoms with E-state index in [-0.39, 0.29) is 0 Å². The van der Waals surface area contributed by atoms with Crippen LogP contribution in [0, 0.1) is 6.92 Å². The highest BCUT2D eigenvalue weighted by molar-refractivity contribution is 6.36. The molecule has 0 saturated heterocycles. The molecule has 0 amide bonds. The van der Waals surface area contributed by atoms with Crippen molar-refractivity contribution in [1.82, 2.24) is 4.98 Å². The Morgan fingerprint density at radius 3 is 2.64 bits per heavy atom. The number of hydrogen-bond acceptors (Lipinski definition) is 2. The fraction of sp³-hybridized carbons (Fsp3) is 0.100. The van der Waals surface area contributed by atoms with Gasteiger partial charge in [-0.3, -0.25) is 0 Å². The van der Waals surface area contributed by atoms with Crippen molar-refractivity contribution in [1.29, 1.82) is 0 Å². The van der Waals surface area contributed by atoms with E-state index in [1.165, 1.54) is 6.39 Å². The van der Waals surface area contributed by atoms with Gasteiger partial charge in [-0.1, -0.05) is 23.2 Å². The van der Waals surface area contributed by atoms with Crippen molar-refractivity contribution >= 4 is 23.2 Å². The van der Waals surface area contributed by atoms with E-state index in [9.17, 15) is 0 Å². The molecule has 0 atom stereocenters. The SMILES string of the molecule is Cc1ocnc1-c1ccc(Cl)cc1Cl. The predicted molar refractivity (Wildman–Crippen MR) is 56.7 cm³/mol. The number of aromatic nitrogens is 1. The number of hydrogen-bond donors (Lipinski definition) is 0. The zero-order chi connectivity index (χ0) is 10.1. The van der Waals surface area contributed by atoms with Crippen molar-refractivity contribution < 1.29 is 4.42 Å². The highest BCUT2D eigenvalue weighted by atomic mass is 35.5. The van der Waals surface area contributed by atoms with Crippen LogP contribution in [0.5, 0.6) is 0 Å². The lowest BCUT2D eigenvalue weighted by Crippen LogP contribution is -1.81. The number of rotatable bonds is 1. The van der Waals surface area contributed by atoms with Gasteiger partial charge >= 0.3 is 0 Å². The summed E-state index contributed by atoms with van der Waals surface area (Å²) in [5.74, 6) is 0.745. The van der Waals surface area contributed by atoms with Gasteiger partial charge in [-0.25, -0.2) is 4.98 Å². The van der Waals surface area contributed by atoms with Crippen molar-refractivity contribution in [2.75, 3.05) is 0 Å². The molecule has 0 aliphatic rings. The van der Waals surface area contributed by atoms with Crippen molar-refractivity contribution in [3.8, 4) is 11.3 Å². The highest BCUT2D eigenvalue weighted by Crippen LogP contribution is 2.30. The summed E-state index contributed by atoms with van der Waals surface area (Å²) >= 11 is 11.8. The minimum Gasteiger partial charge on any atom is -0.448 e. The highest BCUT2D eigenvalue weighted by Gasteiger charge is 2.10. The predicted octanol–water partition coefficient (Wildman–Crippen LogP) is 3.96. The van der Waals surface area contributed by atoms with Gasteiger partial charge in [0.25, 0.3) is 0 Å². The Kier molecular flexibility index (Phi) is 2.48. The minimum atomic E-state index is 0.578. The van der Waals surface area contributed by atoms with Crippen molar-refractivity contribution in [2.24, 2.45) is 0 Å². The van der Waals surface area contributed by atoms with Gasteiger partial charge in [0, 0.05) is 10.6 Å². The lowest BCUT2D eigenvalue weighted by atomic mass is 10.1. The van der Waals surface area contributed by atoms with Crippen LogP contribution in [0.25, 0.3) is 11.3 Å². The second kappa shape index (κ2) is 3.64. The molecule has 2 nitrogen and oxygen atoms in total. The standard InChI is InChI=1S/C10H7Cl2NO/c1-6-10(13-5-14-6)8-3-2-7(11)4-9(8)12/h2-5H,1H3. The summed E-state index contributed by atoms with van der Waals surface area (Å²) in [6, 6.07) is 5.29. The van der Waals surface area contributed by atoms with Crippen LogP contribution in [0.1, 0.15) is 5.76 Å². The van der Waals surface area contributed by atoms with E-state index in [1.54, 1.807) is 12.1 Å². The molecule has 0 radical (unpaired) electrons. The maximum Gasteiger partial charge on any atom is 0.181 e. The molecule has 1 aromatic carbocycles. The second-order valence-electron chi connectivity index (χ2n) is 2.88. The van der Waals surface area contributed by atoms with Crippen molar-refractivity contribution in [3.05, 3.63) is 40.4 Å². The summed E-state index contributed by atoms with van der Waals surface area (Å²) in [4.78, 5) is 4.08. The van der Waals surface area contributed by atoms with Gasteiger partial charge in [0.05, 0.1) is 5.02 Å². The number of oxazole rings is 1. The molecular formula is C10H7Cl2NO. The Balaban J connectivity index is 2.58. The van der Waals surface area contributed by atoms with E-state index in [4.69, 9.17) is 27.6 Å². The molecule has 0 saturated carbocycles. The Hall–Kier alpha value is -0.990. The quantitative estimate of drug-likeness (QED) is 0.738. The minimum absolute atomic E-state index is 0.578. The van der Waals surface area contributed by atoms with Crippen LogP contribution < -0.4 is 0 Å². The zero-order valence-corrected chi connectivity index (χ0v) is 8.93. The van der Waals surface area contributed by atoms with Gasteiger partial charge in [-0.2, -0.15) is 0 Å². The normalized spacial score (nSPS) is 10.5. The first-order chi connectivity index (χ1) is 6.68. The van der Waals surface area contributed by atoms with Crippen LogP contribution in [-0.4, -0.2) is 4.98 Å². The lowest BCUT2D eigenvalue weighted by molar-refractivity contribution is 0.527. The van der Waals surface area contributed by atoms with Crippen molar-refractivity contribution in [2.45, 2.75) is 6.92 Å². The van der Waals surface area contributed by atoms with E-state index in [1.807, 2.05) is 13.0 Å². The van der Waals surface area contributed by atoms with E-state index < -0.39 is 0 Å². The van der Waals surface area contributed by atoms with Gasteiger partial charge in [-0.15, -0.1) is 0 Å². The summed E-state index contributed by atoms with van der Waals surface area (Å²) < 4.78 is 5.10. The molecule has 2 aromatic rings. The van der Waals surface area contributed by atoms with E-state index in [0.717, 1.165) is 17.0 Å². The Morgan fingerprint density at radius 2 is 2.07 bits per heavy atom. The summed E-state index contributed by atoms with van der Waals surface area (Å²) in [5.41, 5.74) is 1.59. The second-order valence-corrected chi connectivity index (χ2v) is 3.72. The summed E-state index contributed by atoms with van der Waals surface area (Å²) in [6.07, 6.45) is 1.40. The average molecular weight is 228 g/mol. The molecule has 0 unspecified atom stereocenters. The van der Waals surface area contributed by atoms with E-state index >= 15 is 0 Å².